The Balaban J connectivity index is 1.84. The lowest BCUT2D eigenvalue weighted by molar-refractivity contribution is -0.136. The number of benzene rings is 1. The van der Waals surface area contributed by atoms with Crippen molar-refractivity contribution in [3.05, 3.63) is 40.7 Å². The molecule has 0 radical (unpaired) electrons. The summed E-state index contributed by atoms with van der Waals surface area (Å²) < 4.78 is 13.7. The van der Waals surface area contributed by atoms with Crippen molar-refractivity contribution in [3.8, 4) is 11.5 Å². The standard InChI is InChI=1S/C25H36N4O4/c1-5-32-22-11-9-10-20-16-29(17-23(30)26-14-7-6-8-15-33-25(20)22)24(31)13-12-21-18(2)27-28(4)19(21)3/h9-11H,5-8,12-17H2,1-4H3,(H,26,30). The van der Waals surface area contributed by atoms with Crippen LogP contribution in [0.5, 0.6) is 11.5 Å². The second kappa shape index (κ2) is 11.7. The summed E-state index contributed by atoms with van der Waals surface area (Å²) in [5.74, 6) is 1.12. The van der Waals surface area contributed by atoms with E-state index < -0.39 is 0 Å². The SMILES string of the molecule is CCOc1cccc2c1OCCCCCNC(=O)CN(C(=O)CCc1c(C)nn(C)c1C)C2. The van der Waals surface area contributed by atoms with Gasteiger partial charge in [-0.2, -0.15) is 5.10 Å². The van der Waals surface area contributed by atoms with E-state index in [1.807, 2.05) is 50.7 Å². The summed E-state index contributed by atoms with van der Waals surface area (Å²) in [6.45, 7) is 7.90. The Morgan fingerprint density at radius 1 is 1.21 bits per heavy atom. The molecule has 0 spiro atoms. The van der Waals surface area contributed by atoms with Crippen LogP contribution in [-0.4, -0.2) is 52.8 Å². The Bertz CT molecular complexity index is 970. The van der Waals surface area contributed by atoms with Gasteiger partial charge in [0, 0.05) is 37.8 Å². The molecule has 1 N–H and O–H groups in total. The number of aryl methyl sites for hydroxylation is 2. The smallest absolute Gasteiger partial charge is 0.239 e. The molecule has 0 saturated carbocycles. The van der Waals surface area contributed by atoms with Crippen molar-refractivity contribution in [2.45, 2.75) is 59.4 Å². The van der Waals surface area contributed by atoms with E-state index in [0.717, 1.165) is 41.8 Å². The van der Waals surface area contributed by atoms with Gasteiger partial charge < -0.3 is 19.7 Å². The molecule has 0 saturated heterocycles. The predicted molar refractivity (Wildman–Crippen MR) is 126 cm³/mol. The largest absolute Gasteiger partial charge is 0.490 e. The molecule has 0 aliphatic carbocycles. The number of ether oxygens (including phenoxy) is 2. The topological polar surface area (TPSA) is 85.7 Å². The number of rotatable bonds is 5. The van der Waals surface area contributed by atoms with Crippen LogP contribution in [0, 0.1) is 13.8 Å². The van der Waals surface area contributed by atoms with Gasteiger partial charge >= 0.3 is 0 Å². The fourth-order valence-electron chi connectivity index (χ4n) is 4.16. The zero-order chi connectivity index (χ0) is 23.8. The molecule has 1 aliphatic rings. The number of hydrogen-bond acceptors (Lipinski definition) is 5. The van der Waals surface area contributed by atoms with E-state index in [4.69, 9.17) is 9.47 Å². The van der Waals surface area contributed by atoms with E-state index in [1.165, 1.54) is 0 Å². The minimum atomic E-state index is -0.139. The van der Waals surface area contributed by atoms with Gasteiger partial charge in [0.2, 0.25) is 11.8 Å². The van der Waals surface area contributed by atoms with Crippen LogP contribution in [0.4, 0.5) is 0 Å². The van der Waals surface area contributed by atoms with Crippen LogP contribution in [-0.2, 0) is 29.6 Å². The normalized spacial score (nSPS) is 15.4. The maximum absolute atomic E-state index is 13.3. The van der Waals surface area contributed by atoms with Crippen molar-refractivity contribution >= 4 is 11.8 Å². The van der Waals surface area contributed by atoms with Crippen molar-refractivity contribution in [1.82, 2.24) is 20.0 Å². The first-order valence-corrected chi connectivity index (χ1v) is 11.8. The van der Waals surface area contributed by atoms with Crippen LogP contribution in [0.15, 0.2) is 18.2 Å². The Labute approximate surface area is 196 Å². The van der Waals surface area contributed by atoms with Gasteiger partial charge in [0.15, 0.2) is 11.5 Å². The number of hydrogen-bond donors (Lipinski definition) is 1. The first-order valence-electron chi connectivity index (χ1n) is 11.8. The van der Waals surface area contributed by atoms with E-state index in [2.05, 4.69) is 10.4 Å². The second-order valence-electron chi connectivity index (χ2n) is 8.46. The van der Waals surface area contributed by atoms with Crippen molar-refractivity contribution in [1.29, 1.82) is 0 Å². The maximum Gasteiger partial charge on any atom is 0.239 e. The number of aromatic nitrogens is 2. The van der Waals surface area contributed by atoms with Crippen LogP contribution < -0.4 is 14.8 Å². The molecule has 1 aliphatic heterocycles. The Hall–Kier alpha value is -3.03. The van der Waals surface area contributed by atoms with Gasteiger partial charge in [-0.1, -0.05) is 12.1 Å². The molecule has 0 atom stereocenters. The van der Waals surface area contributed by atoms with E-state index in [1.54, 1.807) is 4.90 Å². The second-order valence-corrected chi connectivity index (χ2v) is 8.46. The van der Waals surface area contributed by atoms with E-state index >= 15 is 0 Å². The van der Waals surface area contributed by atoms with E-state index in [0.29, 0.717) is 44.1 Å². The Morgan fingerprint density at radius 3 is 2.76 bits per heavy atom. The van der Waals surface area contributed by atoms with Gasteiger partial charge in [0.1, 0.15) is 0 Å². The molecule has 0 unspecified atom stereocenters. The van der Waals surface area contributed by atoms with Crippen LogP contribution in [0.3, 0.4) is 0 Å². The third kappa shape index (κ3) is 6.49. The first-order chi connectivity index (χ1) is 15.9. The molecule has 0 fully saturated rings. The molecule has 2 aromatic rings. The number of amides is 2. The average molecular weight is 457 g/mol. The average Bonchev–Trinajstić information content (AvgIpc) is 3.03. The highest BCUT2D eigenvalue weighted by Gasteiger charge is 2.22. The van der Waals surface area contributed by atoms with Gasteiger partial charge in [0.25, 0.3) is 0 Å². The first kappa shape index (κ1) is 24.6. The zero-order valence-corrected chi connectivity index (χ0v) is 20.3. The molecule has 1 aromatic carbocycles. The molecule has 3 rings (SSSR count). The van der Waals surface area contributed by atoms with Crippen LogP contribution in [0.2, 0.25) is 0 Å². The minimum Gasteiger partial charge on any atom is -0.490 e. The zero-order valence-electron chi connectivity index (χ0n) is 20.3. The number of carbonyl (C=O) groups is 2. The molecule has 8 heteroatoms. The number of para-hydroxylation sites is 1. The van der Waals surface area contributed by atoms with Gasteiger partial charge in [-0.25, -0.2) is 0 Å². The summed E-state index contributed by atoms with van der Waals surface area (Å²) in [7, 11) is 1.91. The third-order valence-electron chi connectivity index (χ3n) is 6.05. The fourth-order valence-corrected chi connectivity index (χ4v) is 4.16. The number of nitrogens with zero attached hydrogens (tertiary/aromatic N) is 3. The summed E-state index contributed by atoms with van der Waals surface area (Å²) in [5, 5.41) is 7.39. The van der Waals surface area contributed by atoms with E-state index in [9.17, 15) is 9.59 Å². The molecule has 1 aromatic heterocycles. The highest BCUT2D eigenvalue weighted by Crippen LogP contribution is 2.33. The lowest BCUT2D eigenvalue weighted by Crippen LogP contribution is -2.40. The van der Waals surface area contributed by atoms with Crippen molar-refractivity contribution in [2.75, 3.05) is 26.3 Å². The summed E-state index contributed by atoms with van der Waals surface area (Å²) >= 11 is 0. The molecule has 180 valence electrons. The minimum absolute atomic E-state index is 0.0160. The maximum atomic E-state index is 13.3. The van der Waals surface area contributed by atoms with Crippen LogP contribution in [0.1, 0.15) is 55.1 Å². The lowest BCUT2D eigenvalue weighted by Gasteiger charge is -2.24. The summed E-state index contributed by atoms with van der Waals surface area (Å²) in [4.78, 5) is 27.5. The Kier molecular flexibility index (Phi) is 8.74. The number of carbonyl (C=O) groups excluding carboxylic acids is 2. The fraction of sp³-hybridized carbons (Fsp3) is 0.560. The number of fused-ring (bicyclic) bond motifs is 1. The summed E-state index contributed by atoms with van der Waals surface area (Å²) in [5.41, 5.74) is 3.92. The molecule has 33 heavy (non-hydrogen) atoms. The molecule has 0 bridgehead atoms. The van der Waals surface area contributed by atoms with Gasteiger partial charge in [0.05, 0.1) is 25.5 Å². The molecule has 8 nitrogen and oxygen atoms in total. The predicted octanol–water partition coefficient (Wildman–Crippen LogP) is 3.08. The molecule has 2 heterocycles. The highest BCUT2D eigenvalue weighted by molar-refractivity contribution is 5.85. The van der Waals surface area contributed by atoms with Gasteiger partial charge in [-0.05, 0) is 58.1 Å². The van der Waals surface area contributed by atoms with Gasteiger partial charge in [-0.15, -0.1) is 0 Å². The van der Waals surface area contributed by atoms with Crippen molar-refractivity contribution in [2.24, 2.45) is 7.05 Å². The number of nitrogens with one attached hydrogen (secondary N) is 1. The Morgan fingerprint density at radius 2 is 2.03 bits per heavy atom. The highest BCUT2D eigenvalue weighted by atomic mass is 16.5. The van der Waals surface area contributed by atoms with Crippen LogP contribution >= 0.6 is 0 Å². The third-order valence-corrected chi connectivity index (χ3v) is 6.05. The quantitative estimate of drug-likeness (QED) is 0.747. The van der Waals surface area contributed by atoms with Crippen molar-refractivity contribution in [3.63, 3.8) is 0 Å². The van der Waals surface area contributed by atoms with E-state index in [-0.39, 0.29) is 24.9 Å². The summed E-state index contributed by atoms with van der Waals surface area (Å²) in [6, 6.07) is 5.72. The van der Waals surface area contributed by atoms with Gasteiger partial charge in [-0.3, -0.25) is 14.3 Å². The monoisotopic (exact) mass is 456 g/mol. The van der Waals surface area contributed by atoms with Crippen LogP contribution in [0.25, 0.3) is 0 Å². The molecular formula is C25H36N4O4. The summed E-state index contributed by atoms with van der Waals surface area (Å²) in [6.07, 6.45) is 3.62. The molecular weight excluding hydrogens is 420 g/mol. The molecule has 2 amide bonds. The van der Waals surface area contributed by atoms with Crippen molar-refractivity contribution < 1.29 is 19.1 Å². The lowest BCUT2D eigenvalue weighted by atomic mass is 10.1.